The van der Waals surface area contributed by atoms with E-state index in [1.54, 1.807) is 6.92 Å². The summed E-state index contributed by atoms with van der Waals surface area (Å²) in [5, 5.41) is 5.83. The fraction of sp³-hybridized carbons (Fsp3) is 0.714. The van der Waals surface area contributed by atoms with Crippen LogP contribution in [-0.4, -0.2) is 42.1 Å². The number of carbonyl (C=O) groups excluding carboxylic acids is 1. The Morgan fingerprint density at radius 2 is 2.18 bits per heavy atom. The van der Waals surface area contributed by atoms with Crippen molar-refractivity contribution in [1.29, 1.82) is 0 Å². The molecule has 8 heteroatoms. The number of nitrogens with zero attached hydrogens (tertiary/aromatic N) is 1. The molecule has 0 spiro atoms. The minimum atomic E-state index is -3.10. The Labute approximate surface area is 130 Å². The minimum absolute atomic E-state index is 0.0998. The molecule has 0 aliphatic carbocycles. The maximum Gasteiger partial charge on any atom is 0.273 e. The third-order valence-corrected chi connectivity index (χ3v) is 5.87. The topological polar surface area (TPSA) is 98.5 Å². The number of ether oxygens (including phenoxy) is 1. The maximum absolute atomic E-state index is 12.1. The second kappa shape index (κ2) is 6.00. The molecule has 1 aromatic heterocycles. The van der Waals surface area contributed by atoms with Crippen LogP contribution < -0.4 is 5.32 Å². The first kappa shape index (κ1) is 17.0. The summed E-state index contributed by atoms with van der Waals surface area (Å²) in [6.07, 6.45) is 0.424. The number of nitrogens with one attached hydrogen (secondary N) is 1. The summed E-state index contributed by atoms with van der Waals surface area (Å²) in [7, 11) is -3.10. The zero-order chi connectivity index (χ0) is 16.5. The van der Waals surface area contributed by atoms with Gasteiger partial charge in [0.25, 0.3) is 5.91 Å². The van der Waals surface area contributed by atoms with E-state index in [1.165, 1.54) is 6.07 Å². The Morgan fingerprint density at radius 3 is 2.73 bits per heavy atom. The first-order valence-electron chi connectivity index (χ1n) is 7.20. The Balaban J connectivity index is 1.95. The third kappa shape index (κ3) is 4.07. The average Bonchev–Trinajstić information content (AvgIpc) is 2.96. The molecule has 1 saturated heterocycles. The Morgan fingerprint density at radius 1 is 1.50 bits per heavy atom. The number of hydrogen-bond acceptors (Lipinski definition) is 6. The van der Waals surface area contributed by atoms with Crippen LogP contribution in [-0.2, 0) is 21.2 Å². The van der Waals surface area contributed by atoms with Gasteiger partial charge in [-0.2, -0.15) is 0 Å². The van der Waals surface area contributed by atoms with Crippen molar-refractivity contribution in [3.05, 3.63) is 17.5 Å². The Bertz CT molecular complexity index is 644. The zero-order valence-electron chi connectivity index (χ0n) is 13.3. The van der Waals surface area contributed by atoms with Gasteiger partial charge in [0, 0.05) is 12.1 Å². The van der Waals surface area contributed by atoms with E-state index in [0.29, 0.717) is 12.2 Å². The van der Waals surface area contributed by atoms with E-state index in [9.17, 15) is 13.2 Å². The molecular formula is C14H22N2O5S. The highest BCUT2D eigenvalue weighted by Crippen LogP contribution is 2.20. The van der Waals surface area contributed by atoms with Crippen LogP contribution in [0, 0.1) is 0 Å². The van der Waals surface area contributed by atoms with E-state index in [2.05, 4.69) is 10.5 Å². The van der Waals surface area contributed by atoms with E-state index >= 15 is 0 Å². The summed E-state index contributed by atoms with van der Waals surface area (Å²) < 4.78 is 33.9. The van der Waals surface area contributed by atoms with Crippen LogP contribution in [0.25, 0.3) is 0 Å². The standard InChI is InChI=1S/C14H22N2O5S/c1-9-11(5-6-22(9,18)19)15-13(17)12-7-10(21-16-12)8-20-14(2,3)4/h7,9,11H,5-6,8H2,1-4H3,(H,15,17)/t9-,11-/m0/s1. The molecule has 7 nitrogen and oxygen atoms in total. The van der Waals surface area contributed by atoms with Gasteiger partial charge >= 0.3 is 0 Å². The molecule has 1 fully saturated rings. The molecular weight excluding hydrogens is 308 g/mol. The number of hydrogen-bond donors (Lipinski definition) is 1. The van der Waals surface area contributed by atoms with Gasteiger partial charge < -0.3 is 14.6 Å². The normalized spacial score (nSPS) is 24.4. The van der Waals surface area contributed by atoms with E-state index in [-0.39, 0.29) is 29.7 Å². The monoisotopic (exact) mass is 330 g/mol. The van der Waals surface area contributed by atoms with Crippen LogP contribution in [0.2, 0.25) is 0 Å². The van der Waals surface area contributed by atoms with Crippen LogP contribution in [0.5, 0.6) is 0 Å². The number of carbonyl (C=O) groups is 1. The number of rotatable bonds is 4. The zero-order valence-corrected chi connectivity index (χ0v) is 14.1. The highest BCUT2D eigenvalue weighted by atomic mass is 32.2. The van der Waals surface area contributed by atoms with Crippen LogP contribution in [0.1, 0.15) is 50.4 Å². The van der Waals surface area contributed by atoms with Gasteiger partial charge in [-0.3, -0.25) is 4.79 Å². The Hall–Kier alpha value is -1.41. The number of aromatic nitrogens is 1. The van der Waals surface area contributed by atoms with Gasteiger partial charge in [-0.15, -0.1) is 0 Å². The summed E-state index contributed by atoms with van der Waals surface area (Å²) in [5.74, 6) is 0.120. The van der Waals surface area contributed by atoms with Gasteiger partial charge in [-0.1, -0.05) is 5.16 Å². The van der Waals surface area contributed by atoms with Crippen LogP contribution in [0.4, 0.5) is 0 Å². The summed E-state index contributed by atoms with van der Waals surface area (Å²) >= 11 is 0. The summed E-state index contributed by atoms with van der Waals surface area (Å²) in [6.45, 7) is 7.58. The first-order chi connectivity index (χ1) is 10.1. The van der Waals surface area contributed by atoms with Crippen molar-refractivity contribution in [3.63, 3.8) is 0 Å². The van der Waals surface area contributed by atoms with E-state index < -0.39 is 21.0 Å². The molecule has 1 aliphatic heterocycles. The van der Waals surface area contributed by atoms with Gasteiger partial charge in [0.15, 0.2) is 21.3 Å². The van der Waals surface area contributed by atoms with Gasteiger partial charge in [0.1, 0.15) is 6.61 Å². The first-order valence-corrected chi connectivity index (χ1v) is 8.92. The van der Waals surface area contributed by atoms with Crippen LogP contribution in [0.15, 0.2) is 10.6 Å². The molecule has 124 valence electrons. The molecule has 0 saturated carbocycles. The van der Waals surface area contributed by atoms with Gasteiger partial charge in [0.2, 0.25) is 0 Å². The SMILES string of the molecule is C[C@H]1[C@@H](NC(=O)c2cc(COC(C)(C)C)on2)CCS1(=O)=O. The predicted octanol–water partition coefficient (Wildman–Crippen LogP) is 1.30. The summed E-state index contributed by atoms with van der Waals surface area (Å²) in [6, 6.07) is 1.12. The summed E-state index contributed by atoms with van der Waals surface area (Å²) in [4.78, 5) is 12.1. The van der Waals surface area contributed by atoms with Crippen molar-refractivity contribution in [1.82, 2.24) is 10.5 Å². The van der Waals surface area contributed by atoms with Crippen molar-refractivity contribution in [2.45, 2.75) is 57.6 Å². The summed E-state index contributed by atoms with van der Waals surface area (Å²) in [5.41, 5.74) is -0.188. The molecule has 0 bridgehead atoms. The lowest BCUT2D eigenvalue weighted by atomic mass is 10.1. The van der Waals surface area contributed by atoms with Crippen molar-refractivity contribution in [2.75, 3.05) is 5.75 Å². The Kier molecular flexibility index (Phi) is 4.62. The lowest BCUT2D eigenvalue weighted by Crippen LogP contribution is -2.40. The number of amides is 1. The van der Waals surface area contributed by atoms with Crippen molar-refractivity contribution >= 4 is 15.7 Å². The van der Waals surface area contributed by atoms with Crippen LogP contribution in [0.3, 0.4) is 0 Å². The minimum Gasteiger partial charge on any atom is -0.368 e. The van der Waals surface area contributed by atoms with Gasteiger partial charge in [-0.05, 0) is 34.1 Å². The molecule has 2 rings (SSSR count). The van der Waals surface area contributed by atoms with Crippen molar-refractivity contribution < 1.29 is 22.5 Å². The highest BCUT2D eigenvalue weighted by Gasteiger charge is 2.37. The lowest BCUT2D eigenvalue weighted by molar-refractivity contribution is -0.0241. The molecule has 22 heavy (non-hydrogen) atoms. The van der Waals surface area contributed by atoms with Gasteiger partial charge in [-0.25, -0.2) is 8.42 Å². The molecule has 2 atom stereocenters. The van der Waals surface area contributed by atoms with Crippen LogP contribution >= 0.6 is 0 Å². The number of sulfone groups is 1. The third-order valence-electron chi connectivity index (χ3n) is 3.60. The lowest BCUT2D eigenvalue weighted by Gasteiger charge is -2.17. The molecule has 0 aromatic carbocycles. The molecule has 2 heterocycles. The van der Waals surface area contributed by atoms with Crippen molar-refractivity contribution in [2.24, 2.45) is 0 Å². The molecule has 1 aromatic rings. The fourth-order valence-corrected chi connectivity index (χ4v) is 3.83. The molecule has 1 N–H and O–H groups in total. The van der Waals surface area contributed by atoms with Crippen molar-refractivity contribution in [3.8, 4) is 0 Å². The second-order valence-corrected chi connectivity index (χ2v) is 9.00. The van der Waals surface area contributed by atoms with E-state index in [0.717, 1.165) is 0 Å². The average molecular weight is 330 g/mol. The molecule has 0 radical (unpaired) electrons. The molecule has 1 aliphatic rings. The smallest absolute Gasteiger partial charge is 0.273 e. The predicted molar refractivity (Wildman–Crippen MR) is 80.2 cm³/mol. The quantitative estimate of drug-likeness (QED) is 0.893. The molecule has 1 amide bonds. The highest BCUT2D eigenvalue weighted by molar-refractivity contribution is 7.92. The maximum atomic E-state index is 12.1. The second-order valence-electron chi connectivity index (χ2n) is 6.52. The molecule has 0 unspecified atom stereocenters. The van der Waals surface area contributed by atoms with E-state index in [4.69, 9.17) is 9.26 Å². The fourth-order valence-electron chi connectivity index (χ4n) is 2.17. The van der Waals surface area contributed by atoms with E-state index in [1.807, 2.05) is 20.8 Å². The van der Waals surface area contributed by atoms with Gasteiger partial charge in [0.05, 0.1) is 16.6 Å². The largest absolute Gasteiger partial charge is 0.368 e.